The van der Waals surface area contributed by atoms with Crippen LogP contribution in [0, 0.1) is 5.92 Å². The summed E-state index contributed by atoms with van der Waals surface area (Å²) in [6.45, 7) is 6.17. The third kappa shape index (κ3) is 3.62. The summed E-state index contributed by atoms with van der Waals surface area (Å²) in [6, 6.07) is 1.39. The van der Waals surface area contributed by atoms with Crippen LogP contribution in [0.2, 0.25) is 0 Å². The molecule has 1 spiro atoms. The lowest BCUT2D eigenvalue weighted by Gasteiger charge is -2.51. The smallest absolute Gasteiger partial charge is 0.318 e. The average Bonchev–Trinajstić information content (AvgIpc) is 3.41. The highest BCUT2D eigenvalue weighted by molar-refractivity contribution is 6.06. The van der Waals surface area contributed by atoms with E-state index in [1.54, 1.807) is 16.9 Å². The number of aldehydes is 1. The van der Waals surface area contributed by atoms with Crippen LogP contribution in [0.25, 0.3) is 11.2 Å². The number of urea groups is 1. The van der Waals surface area contributed by atoms with Crippen molar-refractivity contribution in [1.29, 1.82) is 0 Å². The molecule has 3 amide bonds. The van der Waals surface area contributed by atoms with Crippen molar-refractivity contribution < 1.29 is 14.4 Å². The molecule has 2 N–H and O–H groups in total. The van der Waals surface area contributed by atoms with Gasteiger partial charge in [0.1, 0.15) is 0 Å². The predicted octanol–water partition coefficient (Wildman–Crippen LogP) is 1.04. The molecule has 2 aliphatic rings. The summed E-state index contributed by atoms with van der Waals surface area (Å²) < 4.78 is 1.63. The minimum Gasteiger partial charge on any atom is -0.366 e. The van der Waals surface area contributed by atoms with Crippen LogP contribution in [-0.2, 0) is 9.59 Å². The number of nitrogens with one attached hydrogen (secondary N) is 2. The minimum atomic E-state index is -0.426. The Morgan fingerprint density at radius 2 is 2.03 bits per heavy atom. The first kappa shape index (κ1) is 20.8. The van der Waals surface area contributed by atoms with E-state index >= 15 is 0 Å². The van der Waals surface area contributed by atoms with E-state index in [4.69, 9.17) is 0 Å². The molecule has 10 heteroatoms. The third-order valence-corrected chi connectivity index (χ3v) is 6.15. The van der Waals surface area contributed by atoms with Crippen molar-refractivity contribution in [2.24, 2.45) is 5.92 Å². The van der Waals surface area contributed by atoms with Gasteiger partial charge in [0.25, 0.3) is 0 Å². The van der Waals surface area contributed by atoms with Crippen molar-refractivity contribution in [3.05, 3.63) is 30.4 Å². The van der Waals surface area contributed by atoms with Gasteiger partial charge in [0, 0.05) is 51.2 Å². The standard InChI is InChI=1S/C21H27N7O3/c1-14(2)19(30)27-8-5-21(27)4-7-26(13-21)17-10-16(25-28-9-6-23-18(17)28)15(12-29)11-24-20(31)22-3/h6,9-12,14H,4-5,7-8,13H2,1-3H3,(H2,22,24,31)/b15-11+. The number of nitrogens with zero attached hydrogens (tertiary/aromatic N) is 5. The zero-order valence-corrected chi connectivity index (χ0v) is 18.0. The van der Waals surface area contributed by atoms with Gasteiger partial charge < -0.3 is 20.4 Å². The molecule has 0 aromatic carbocycles. The molecule has 2 aromatic heterocycles. The molecule has 2 aromatic rings. The number of rotatable bonds is 5. The number of anilines is 1. The van der Waals surface area contributed by atoms with Crippen LogP contribution in [0.1, 0.15) is 32.4 Å². The van der Waals surface area contributed by atoms with Gasteiger partial charge in [0.15, 0.2) is 11.9 Å². The number of hydrogen-bond acceptors (Lipinski definition) is 6. The highest BCUT2D eigenvalue weighted by Crippen LogP contribution is 2.42. The Bertz CT molecular complexity index is 1060. The maximum Gasteiger partial charge on any atom is 0.318 e. The van der Waals surface area contributed by atoms with Crippen LogP contribution >= 0.6 is 0 Å². The van der Waals surface area contributed by atoms with Crippen LogP contribution in [-0.4, -0.2) is 69.9 Å². The van der Waals surface area contributed by atoms with Gasteiger partial charge >= 0.3 is 6.03 Å². The van der Waals surface area contributed by atoms with Crippen molar-refractivity contribution in [3.63, 3.8) is 0 Å². The quantitative estimate of drug-likeness (QED) is 0.547. The molecule has 2 saturated heterocycles. The molecule has 31 heavy (non-hydrogen) atoms. The molecule has 2 aliphatic heterocycles. The summed E-state index contributed by atoms with van der Waals surface area (Å²) in [5.41, 5.74) is 2.07. The lowest BCUT2D eigenvalue weighted by atomic mass is 9.82. The van der Waals surface area contributed by atoms with Crippen molar-refractivity contribution in [3.8, 4) is 0 Å². The number of aromatic nitrogens is 3. The molecular weight excluding hydrogens is 398 g/mol. The zero-order chi connectivity index (χ0) is 22.2. The molecule has 0 radical (unpaired) electrons. The average molecular weight is 425 g/mol. The number of carbonyl (C=O) groups excluding carboxylic acids is 3. The molecular formula is C21H27N7O3. The second-order valence-corrected chi connectivity index (χ2v) is 8.34. The Morgan fingerprint density at radius 3 is 2.68 bits per heavy atom. The predicted molar refractivity (Wildman–Crippen MR) is 115 cm³/mol. The Balaban J connectivity index is 1.66. The molecule has 1 atom stereocenters. The van der Waals surface area contributed by atoms with Crippen molar-refractivity contribution in [2.75, 3.05) is 31.6 Å². The topological polar surface area (TPSA) is 112 Å². The number of fused-ring (bicyclic) bond motifs is 1. The van der Waals surface area contributed by atoms with E-state index in [0.29, 0.717) is 24.2 Å². The van der Waals surface area contributed by atoms with Crippen molar-refractivity contribution in [2.45, 2.75) is 32.2 Å². The monoisotopic (exact) mass is 425 g/mol. The molecule has 4 rings (SSSR count). The van der Waals surface area contributed by atoms with E-state index in [1.165, 1.54) is 13.2 Å². The molecule has 0 bridgehead atoms. The van der Waals surface area contributed by atoms with Crippen LogP contribution < -0.4 is 15.5 Å². The van der Waals surface area contributed by atoms with E-state index in [2.05, 4.69) is 25.6 Å². The van der Waals surface area contributed by atoms with Gasteiger partial charge in [-0.3, -0.25) is 9.59 Å². The van der Waals surface area contributed by atoms with Crippen LogP contribution in [0.3, 0.4) is 0 Å². The Kier molecular flexibility index (Phi) is 5.38. The van der Waals surface area contributed by atoms with Gasteiger partial charge in [-0.1, -0.05) is 13.8 Å². The summed E-state index contributed by atoms with van der Waals surface area (Å²) in [6.07, 6.45) is 7.25. The number of likely N-dealkylation sites (tertiary alicyclic amines) is 1. The first-order valence-corrected chi connectivity index (χ1v) is 10.4. The number of amides is 3. The summed E-state index contributed by atoms with van der Waals surface area (Å²) in [5, 5.41) is 9.41. The van der Waals surface area contributed by atoms with Crippen LogP contribution in [0.4, 0.5) is 10.5 Å². The minimum absolute atomic E-state index is 0.0223. The molecule has 0 aliphatic carbocycles. The van der Waals surface area contributed by atoms with E-state index < -0.39 is 6.03 Å². The molecule has 1 unspecified atom stereocenters. The molecule has 10 nitrogen and oxygen atoms in total. The zero-order valence-electron chi connectivity index (χ0n) is 18.0. The maximum absolute atomic E-state index is 12.6. The fourth-order valence-corrected chi connectivity index (χ4v) is 4.34. The van der Waals surface area contributed by atoms with Gasteiger partial charge in [-0.25, -0.2) is 14.3 Å². The maximum atomic E-state index is 12.6. The van der Waals surface area contributed by atoms with Crippen molar-refractivity contribution >= 4 is 35.1 Å². The van der Waals surface area contributed by atoms with Gasteiger partial charge in [0.05, 0.1) is 22.5 Å². The van der Waals surface area contributed by atoms with E-state index in [9.17, 15) is 14.4 Å². The van der Waals surface area contributed by atoms with E-state index in [0.717, 1.165) is 31.6 Å². The number of carbonyl (C=O) groups is 3. The summed E-state index contributed by atoms with van der Waals surface area (Å²) in [7, 11) is 1.49. The van der Waals surface area contributed by atoms with Crippen LogP contribution in [0.15, 0.2) is 24.7 Å². The molecule has 0 saturated carbocycles. The highest BCUT2D eigenvalue weighted by atomic mass is 16.2. The first-order chi connectivity index (χ1) is 14.9. The third-order valence-electron chi connectivity index (χ3n) is 6.15. The normalized spacial score (nSPS) is 21.0. The number of hydrogen-bond donors (Lipinski definition) is 2. The molecule has 2 fully saturated rings. The summed E-state index contributed by atoms with van der Waals surface area (Å²) in [4.78, 5) is 44.5. The second-order valence-electron chi connectivity index (χ2n) is 8.34. The molecule has 164 valence electrons. The Morgan fingerprint density at radius 1 is 1.26 bits per heavy atom. The molecule has 4 heterocycles. The lowest BCUT2D eigenvalue weighted by Crippen LogP contribution is -2.64. The summed E-state index contributed by atoms with van der Waals surface area (Å²) in [5.74, 6) is 0.173. The van der Waals surface area contributed by atoms with E-state index in [-0.39, 0.29) is 22.9 Å². The van der Waals surface area contributed by atoms with Gasteiger partial charge in [-0.05, 0) is 18.9 Å². The fourth-order valence-electron chi connectivity index (χ4n) is 4.34. The van der Waals surface area contributed by atoms with Gasteiger partial charge in [-0.2, -0.15) is 5.10 Å². The van der Waals surface area contributed by atoms with Gasteiger partial charge in [-0.15, -0.1) is 0 Å². The second kappa shape index (κ2) is 8.01. The first-order valence-electron chi connectivity index (χ1n) is 10.4. The summed E-state index contributed by atoms with van der Waals surface area (Å²) >= 11 is 0. The Hall–Kier alpha value is -3.43. The SMILES string of the molecule is CNC(=O)N/C=C(\C=O)c1cc(N2CCC3(CCN3C(=O)C(C)C)C2)c2nccn2n1. The van der Waals surface area contributed by atoms with E-state index in [1.807, 2.05) is 24.8 Å². The highest BCUT2D eigenvalue weighted by Gasteiger charge is 2.51. The van der Waals surface area contributed by atoms with Crippen LogP contribution in [0.5, 0.6) is 0 Å². The number of imidazole rings is 1. The fraction of sp³-hybridized carbons (Fsp3) is 0.476. The lowest BCUT2D eigenvalue weighted by molar-refractivity contribution is -0.149. The van der Waals surface area contributed by atoms with Crippen molar-refractivity contribution in [1.82, 2.24) is 30.1 Å². The number of allylic oxidation sites excluding steroid dienone is 1. The largest absolute Gasteiger partial charge is 0.366 e. The van der Waals surface area contributed by atoms with Gasteiger partial charge in [0.2, 0.25) is 5.91 Å². The Labute approximate surface area is 180 Å².